The van der Waals surface area contributed by atoms with E-state index in [0.29, 0.717) is 5.56 Å². The van der Waals surface area contributed by atoms with Crippen LogP contribution in [0.5, 0.6) is 0 Å². The van der Waals surface area contributed by atoms with Crippen molar-refractivity contribution in [2.75, 3.05) is 44.2 Å². The Bertz CT molecular complexity index is 850. The van der Waals surface area contributed by atoms with Crippen LogP contribution >= 0.6 is 0 Å². The van der Waals surface area contributed by atoms with Crippen molar-refractivity contribution in [3.63, 3.8) is 0 Å². The number of pyridine rings is 1. The average Bonchev–Trinajstić information content (AvgIpc) is 2.79. The fourth-order valence-corrected chi connectivity index (χ4v) is 4.70. The smallest absolute Gasteiger partial charge is 0.107 e. The molecular weight excluding hydrogens is 362 g/mol. The number of hydrogen-bond donors (Lipinski definition) is 2. The van der Waals surface area contributed by atoms with Gasteiger partial charge in [0, 0.05) is 49.4 Å². The van der Waals surface area contributed by atoms with Gasteiger partial charge in [-0.05, 0) is 63.0 Å². The zero-order valence-corrected chi connectivity index (χ0v) is 17.1. The first-order valence-corrected chi connectivity index (χ1v) is 10.9. The van der Waals surface area contributed by atoms with Crippen LogP contribution in [0.25, 0.3) is 10.9 Å². The normalized spacial score (nSPS) is 19.9. The Morgan fingerprint density at radius 2 is 1.93 bits per heavy atom. The summed E-state index contributed by atoms with van der Waals surface area (Å²) in [6.07, 6.45) is 7.20. The van der Waals surface area contributed by atoms with Gasteiger partial charge in [-0.15, -0.1) is 0 Å². The van der Waals surface area contributed by atoms with E-state index in [0.717, 1.165) is 55.6 Å². The summed E-state index contributed by atoms with van der Waals surface area (Å²) in [5.74, 6) is 0.287. The molecule has 1 atom stereocenters. The van der Waals surface area contributed by atoms with E-state index in [-0.39, 0.29) is 5.92 Å². The summed E-state index contributed by atoms with van der Waals surface area (Å²) in [5.41, 5.74) is 2.53. The molecule has 1 unspecified atom stereocenters. The molecule has 0 aliphatic carbocycles. The molecule has 0 saturated carbocycles. The fraction of sp³-hybridized carbons (Fsp3) is 0.565. The third-order valence-electron chi connectivity index (χ3n) is 6.42. The Balaban J connectivity index is 1.31. The van der Waals surface area contributed by atoms with Crippen LogP contribution < -0.4 is 10.2 Å². The van der Waals surface area contributed by atoms with Crippen LogP contribution in [-0.4, -0.2) is 60.5 Å². The minimum absolute atomic E-state index is 0.287. The molecule has 2 N–H and O–H groups in total. The van der Waals surface area contributed by atoms with Gasteiger partial charge in [-0.1, -0.05) is 6.42 Å². The van der Waals surface area contributed by atoms with Gasteiger partial charge in [0.05, 0.1) is 11.1 Å². The quantitative estimate of drug-likeness (QED) is 0.735. The molecule has 154 valence electrons. The summed E-state index contributed by atoms with van der Waals surface area (Å²) in [5, 5.41) is 24.3. The van der Waals surface area contributed by atoms with Crippen LogP contribution in [0.1, 0.15) is 37.7 Å². The molecule has 2 aromatic rings. The van der Waals surface area contributed by atoms with Crippen LogP contribution in [0.15, 0.2) is 30.5 Å². The van der Waals surface area contributed by atoms with Crippen LogP contribution in [-0.2, 0) is 0 Å². The molecule has 4 rings (SSSR count). The number of nitrogens with zero attached hydrogens (tertiary/aromatic N) is 4. The molecule has 3 heterocycles. The second-order valence-electron chi connectivity index (χ2n) is 8.27. The molecule has 2 aliphatic heterocycles. The number of nitrogens with one attached hydrogen (secondary N) is 1. The maximum atomic E-state index is 10.6. The zero-order valence-electron chi connectivity index (χ0n) is 17.1. The maximum absolute atomic E-state index is 10.6. The number of aromatic nitrogens is 1. The van der Waals surface area contributed by atoms with Crippen molar-refractivity contribution >= 4 is 16.6 Å². The summed E-state index contributed by atoms with van der Waals surface area (Å²) < 4.78 is 0. The standard InChI is InChI=1S/C23H31N5O/c24-17-19-6-7-21(20-5-4-10-25-22(19)20)28-14-8-18(9-15-28)23(29)26-11-16-27-12-2-1-3-13-27/h4-7,10,18,23,26,29H,1-3,8-9,11-16H2. The molecule has 0 radical (unpaired) electrons. The summed E-state index contributed by atoms with van der Waals surface area (Å²) in [7, 11) is 0. The molecule has 0 amide bonds. The van der Waals surface area contributed by atoms with Gasteiger partial charge in [0.15, 0.2) is 0 Å². The maximum Gasteiger partial charge on any atom is 0.107 e. The number of benzene rings is 1. The van der Waals surface area contributed by atoms with Gasteiger partial charge in [0.25, 0.3) is 0 Å². The number of rotatable bonds is 6. The van der Waals surface area contributed by atoms with Crippen molar-refractivity contribution in [3.8, 4) is 6.07 Å². The molecule has 0 bridgehead atoms. The lowest BCUT2D eigenvalue weighted by Crippen LogP contribution is -2.46. The van der Waals surface area contributed by atoms with Gasteiger partial charge < -0.3 is 14.9 Å². The van der Waals surface area contributed by atoms with E-state index in [1.54, 1.807) is 6.20 Å². The Morgan fingerprint density at radius 3 is 2.69 bits per heavy atom. The monoisotopic (exact) mass is 393 g/mol. The van der Waals surface area contributed by atoms with E-state index in [1.165, 1.54) is 32.4 Å². The van der Waals surface area contributed by atoms with Gasteiger partial charge in [-0.2, -0.15) is 5.26 Å². The van der Waals surface area contributed by atoms with Crippen molar-refractivity contribution in [3.05, 3.63) is 36.0 Å². The van der Waals surface area contributed by atoms with Gasteiger partial charge in [0.1, 0.15) is 12.3 Å². The van der Waals surface area contributed by atoms with Crippen LogP contribution in [0.4, 0.5) is 5.69 Å². The average molecular weight is 394 g/mol. The Hall–Kier alpha value is -2.20. The first-order valence-electron chi connectivity index (χ1n) is 10.9. The Morgan fingerprint density at radius 1 is 1.14 bits per heavy atom. The zero-order chi connectivity index (χ0) is 20.1. The number of aliphatic hydroxyl groups excluding tert-OH is 1. The number of fused-ring (bicyclic) bond motifs is 1. The van der Waals surface area contributed by atoms with E-state index < -0.39 is 6.23 Å². The lowest BCUT2D eigenvalue weighted by Gasteiger charge is -2.36. The molecule has 6 heteroatoms. The topological polar surface area (TPSA) is 75.4 Å². The Kier molecular flexibility index (Phi) is 6.60. The summed E-state index contributed by atoms with van der Waals surface area (Å²) in [4.78, 5) is 9.28. The molecule has 1 aromatic carbocycles. The number of aliphatic hydroxyl groups is 1. The highest BCUT2D eigenvalue weighted by Crippen LogP contribution is 2.31. The number of hydrogen-bond acceptors (Lipinski definition) is 6. The van der Waals surface area contributed by atoms with Crippen LogP contribution in [0.3, 0.4) is 0 Å². The van der Waals surface area contributed by atoms with Gasteiger partial charge in [-0.25, -0.2) is 0 Å². The van der Waals surface area contributed by atoms with E-state index in [1.807, 2.05) is 24.3 Å². The molecule has 2 fully saturated rings. The van der Waals surface area contributed by atoms with E-state index >= 15 is 0 Å². The largest absolute Gasteiger partial charge is 0.378 e. The number of anilines is 1. The van der Waals surface area contributed by atoms with Crippen molar-refractivity contribution < 1.29 is 5.11 Å². The fourth-order valence-electron chi connectivity index (χ4n) is 4.70. The molecule has 2 aliphatic rings. The van der Waals surface area contributed by atoms with Crippen molar-refractivity contribution in [2.24, 2.45) is 5.92 Å². The number of piperidine rings is 2. The highest BCUT2D eigenvalue weighted by molar-refractivity contribution is 5.95. The van der Waals surface area contributed by atoms with Crippen LogP contribution in [0, 0.1) is 17.2 Å². The first-order chi connectivity index (χ1) is 14.3. The molecule has 2 saturated heterocycles. The highest BCUT2D eigenvalue weighted by Gasteiger charge is 2.26. The molecule has 6 nitrogen and oxygen atoms in total. The molecule has 0 spiro atoms. The van der Waals surface area contributed by atoms with Gasteiger partial charge in [0.2, 0.25) is 0 Å². The predicted molar refractivity (Wildman–Crippen MR) is 116 cm³/mol. The summed E-state index contributed by atoms with van der Waals surface area (Å²) >= 11 is 0. The minimum atomic E-state index is -0.429. The third-order valence-corrected chi connectivity index (χ3v) is 6.42. The van der Waals surface area contributed by atoms with E-state index in [2.05, 4.69) is 26.2 Å². The lowest BCUT2D eigenvalue weighted by atomic mass is 9.94. The SMILES string of the molecule is N#Cc1ccc(N2CCC(C(O)NCCN3CCCCC3)CC2)c2cccnc12. The number of likely N-dealkylation sites (tertiary alicyclic amines) is 1. The second-order valence-corrected chi connectivity index (χ2v) is 8.27. The van der Waals surface area contributed by atoms with E-state index in [9.17, 15) is 10.4 Å². The highest BCUT2D eigenvalue weighted by atomic mass is 16.3. The van der Waals surface area contributed by atoms with Crippen molar-refractivity contribution in [1.29, 1.82) is 5.26 Å². The molecule has 1 aromatic heterocycles. The van der Waals surface area contributed by atoms with E-state index in [4.69, 9.17) is 0 Å². The van der Waals surface area contributed by atoms with Crippen LogP contribution in [0.2, 0.25) is 0 Å². The van der Waals surface area contributed by atoms with Gasteiger partial charge in [-0.3, -0.25) is 10.3 Å². The minimum Gasteiger partial charge on any atom is -0.378 e. The molecule has 29 heavy (non-hydrogen) atoms. The first kappa shape index (κ1) is 20.1. The van der Waals surface area contributed by atoms with Crippen molar-refractivity contribution in [1.82, 2.24) is 15.2 Å². The third kappa shape index (κ3) is 4.69. The second kappa shape index (κ2) is 9.53. The Labute approximate surface area is 173 Å². The van der Waals surface area contributed by atoms with Gasteiger partial charge >= 0.3 is 0 Å². The lowest BCUT2D eigenvalue weighted by molar-refractivity contribution is 0.0586. The van der Waals surface area contributed by atoms with Crippen molar-refractivity contribution in [2.45, 2.75) is 38.3 Å². The number of nitriles is 1. The summed E-state index contributed by atoms with van der Waals surface area (Å²) in [6, 6.07) is 10.1. The summed E-state index contributed by atoms with van der Waals surface area (Å²) in [6.45, 7) is 6.09. The predicted octanol–water partition coefficient (Wildman–Crippen LogP) is 2.72. The molecular formula is C23H31N5O.